The summed E-state index contributed by atoms with van der Waals surface area (Å²) in [7, 11) is 3.96. The monoisotopic (exact) mass is 288 g/mol. The molecule has 4 nitrogen and oxygen atoms in total. The second kappa shape index (κ2) is 6.74. The molecule has 1 fully saturated rings. The molecule has 21 heavy (non-hydrogen) atoms. The van der Waals surface area contributed by atoms with Gasteiger partial charge in [-0.05, 0) is 37.1 Å². The molecule has 114 valence electrons. The van der Waals surface area contributed by atoms with Gasteiger partial charge >= 0.3 is 0 Å². The van der Waals surface area contributed by atoms with Crippen LogP contribution in [-0.2, 0) is 4.79 Å². The third-order valence-electron chi connectivity index (χ3n) is 4.22. The largest absolute Gasteiger partial charge is 0.378 e. The van der Waals surface area contributed by atoms with Crippen LogP contribution < -0.4 is 4.90 Å². The highest BCUT2D eigenvalue weighted by Gasteiger charge is 2.26. The first kappa shape index (κ1) is 15.5. The first-order chi connectivity index (χ1) is 10.0. The van der Waals surface area contributed by atoms with Gasteiger partial charge < -0.3 is 9.80 Å². The van der Waals surface area contributed by atoms with Gasteiger partial charge in [-0.1, -0.05) is 6.92 Å². The molecule has 0 radical (unpaired) electrons. The van der Waals surface area contributed by atoms with E-state index in [9.17, 15) is 9.59 Å². The summed E-state index contributed by atoms with van der Waals surface area (Å²) in [5, 5.41) is 0. The number of nitrogens with zero attached hydrogens (tertiary/aromatic N) is 2. The minimum absolute atomic E-state index is 0.0719. The average Bonchev–Trinajstić information content (AvgIpc) is 2.53. The summed E-state index contributed by atoms with van der Waals surface area (Å²) in [4.78, 5) is 28.0. The molecule has 0 saturated carbocycles. The van der Waals surface area contributed by atoms with Gasteiger partial charge in [0.05, 0.1) is 0 Å². The normalized spacial score (nSPS) is 15.9. The Morgan fingerprint density at radius 1 is 1.14 bits per heavy atom. The number of ketones is 1. The number of likely N-dealkylation sites (tertiary alicyclic amines) is 1. The number of carbonyl (C=O) groups is 2. The topological polar surface area (TPSA) is 40.6 Å². The van der Waals surface area contributed by atoms with E-state index in [-0.39, 0.29) is 11.8 Å². The Hall–Kier alpha value is -1.84. The van der Waals surface area contributed by atoms with Crippen LogP contribution in [0, 0.1) is 5.92 Å². The van der Waals surface area contributed by atoms with Gasteiger partial charge in [0.2, 0.25) is 0 Å². The third-order valence-corrected chi connectivity index (χ3v) is 4.22. The van der Waals surface area contributed by atoms with E-state index < -0.39 is 0 Å². The zero-order valence-electron chi connectivity index (χ0n) is 13.1. The number of hydrogen-bond donors (Lipinski definition) is 0. The second-order valence-corrected chi connectivity index (χ2v) is 5.83. The van der Waals surface area contributed by atoms with Crippen LogP contribution in [0.2, 0.25) is 0 Å². The van der Waals surface area contributed by atoms with Crippen molar-refractivity contribution in [2.24, 2.45) is 5.92 Å². The molecule has 1 aromatic rings. The van der Waals surface area contributed by atoms with Crippen molar-refractivity contribution in [2.75, 3.05) is 32.1 Å². The number of carbonyl (C=O) groups excluding carboxylic acids is 2. The lowest BCUT2D eigenvalue weighted by Gasteiger charge is -2.31. The van der Waals surface area contributed by atoms with E-state index in [2.05, 4.69) is 0 Å². The lowest BCUT2D eigenvalue weighted by Crippen LogP contribution is -2.40. The maximum absolute atomic E-state index is 12.5. The quantitative estimate of drug-likeness (QED) is 0.855. The van der Waals surface area contributed by atoms with Gasteiger partial charge in [0, 0.05) is 50.8 Å². The van der Waals surface area contributed by atoms with Crippen molar-refractivity contribution in [1.29, 1.82) is 0 Å². The first-order valence-electron chi connectivity index (χ1n) is 7.62. The zero-order valence-corrected chi connectivity index (χ0v) is 13.1. The van der Waals surface area contributed by atoms with Crippen LogP contribution in [0.15, 0.2) is 24.3 Å². The molecule has 1 aliphatic heterocycles. The van der Waals surface area contributed by atoms with Crippen molar-refractivity contribution in [1.82, 2.24) is 4.90 Å². The molecule has 0 aliphatic carbocycles. The first-order valence-corrected chi connectivity index (χ1v) is 7.62. The van der Waals surface area contributed by atoms with Crippen LogP contribution in [0.1, 0.15) is 36.5 Å². The van der Waals surface area contributed by atoms with Crippen molar-refractivity contribution in [2.45, 2.75) is 26.2 Å². The lowest BCUT2D eigenvalue weighted by atomic mass is 9.91. The lowest BCUT2D eigenvalue weighted by molar-refractivity contribution is -0.123. The Labute approximate surface area is 126 Å². The molecule has 0 N–H and O–H groups in total. The summed E-state index contributed by atoms with van der Waals surface area (Å²) in [6, 6.07) is 7.67. The number of piperidine rings is 1. The Morgan fingerprint density at radius 2 is 1.71 bits per heavy atom. The number of hydrogen-bond acceptors (Lipinski definition) is 3. The van der Waals surface area contributed by atoms with Gasteiger partial charge in [0.25, 0.3) is 5.91 Å². The average molecular weight is 288 g/mol. The molecule has 0 unspecified atom stereocenters. The molecule has 2 rings (SSSR count). The molecule has 1 heterocycles. The molecule has 0 atom stereocenters. The predicted octanol–water partition coefficient (Wildman–Crippen LogP) is 2.58. The number of amides is 1. The SMILES string of the molecule is CCC(=O)C1CCN(C(=O)c2ccc(N(C)C)cc2)CC1. The predicted molar refractivity (Wildman–Crippen MR) is 84.7 cm³/mol. The number of benzene rings is 1. The van der Waals surface area contributed by atoms with E-state index in [0.717, 1.165) is 24.1 Å². The number of anilines is 1. The van der Waals surface area contributed by atoms with Gasteiger partial charge in [-0.2, -0.15) is 0 Å². The minimum Gasteiger partial charge on any atom is -0.378 e. The summed E-state index contributed by atoms with van der Waals surface area (Å²) in [5.74, 6) is 0.551. The molecule has 0 spiro atoms. The van der Waals surface area contributed by atoms with E-state index >= 15 is 0 Å². The molecule has 1 aliphatic rings. The maximum atomic E-state index is 12.5. The number of Topliss-reactive ketones (excluding diaryl/α,β-unsaturated/α-hetero) is 1. The summed E-state index contributed by atoms with van der Waals surface area (Å²) < 4.78 is 0. The van der Waals surface area contributed by atoms with Gasteiger partial charge in [-0.15, -0.1) is 0 Å². The fraction of sp³-hybridized carbons (Fsp3) is 0.529. The Morgan fingerprint density at radius 3 is 2.19 bits per heavy atom. The van der Waals surface area contributed by atoms with Crippen LogP contribution >= 0.6 is 0 Å². The van der Waals surface area contributed by atoms with Crippen molar-refractivity contribution in [3.63, 3.8) is 0 Å². The van der Waals surface area contributed by atoms with E-state index in [1.807, 2.05) is 55.1 Å². The van der Waals surface area contributed by atoms with Crippen LogP contribution in [0.25, 0.3) is 0 Å². The van der Waals surface area contributed by atoms with E-state index in [1.54, 1.807) is 0 Å². The fourth-order valence-electron chi connectivity index (χ4n) is 2.78. The third kappa shape index (κ3) is 3.63. The van der Waals surface area contributed by atoms with Crippen molar-refractivity contribution in [3.8, 4) is 0 Å². The van der Waals surface area contributed by atoms with Gasteiger partial charge in [0.15, 0.2) is 0 Å². The minimum atomic E-state index is 0.0719. The van der Waals surface area contributed by atoms with E-state index in [4.69, 9.17) is 0 Å². The van der Waals surface area contributed by atoms with Crippen molar-refractivity contribution in [3.05, 3.63) is 29.8 Å². The standard InChI is InChI=1S/C17H24N2O2/c1-4-16(20)13-9-11-19(12-10-13)17(21)14-5-7-15(8-6-14)18(2)3/h5-8,13H,4,9-12H2,1-3H3. The van der Waals surface area contributed by atoms with E-state index in [1.165, 1.54) is 0 Å². The summed E-state index contributed by atoms with van der Waals surface area (Å²) in [6.07, 6.45) is 2.20. The Balaban J connectivity index is 1.97. The van der Waals surface area contributed by atoms with Crippen LogP contribution in [0.3, 0.4) is 0 Å². The van der Waals surface area contributed by atoms with Crippen LogP contribution in [0.5, 0.6) is 0 Å². The fourth-order valence-corrected chi connectivity index (χ4v) is 2.78. The van der Waals surface area contributed by atoms with Gasteiger partial charge in [0.1, 0.15) is 5.78 Å². The Kier molecular flexibility index (Phi) is 4.99. The second-order valence-electron chi connectivity index (χ2n) is 5.83. The van der Waals surface area contributed by atoms with Gasteiger partial charge in [-0.25, -0.2) is 0 Å². The number of rotatable bonds is 4. The molecule has 0 aromatic heterocycles. The van der Waals surface area contributed by atoms with Crippen molar-refractivity contribution < 1.29 is 9.59 Å². The molecule has 1 amide bonds. The van der Waals surface area contributed by atoms with Crippen molar-refractivity contribution >= 4 is 17.4 Å². The molecule has 4 heteroatoms. The highest BCUT2D eigenvalue weighted by Crippen LogP contribution is 2.21. The molecular weight excluding hydrogens is 264 g/mol. The Bertz CT molecular complexity index is 500. The highest BCUT2D eigenvalue weighted by molar-refractivity contribution is 5.94. The zero-order chi connectivity index (χ0) is 15.4. The molecule has 1 saturated heterocycles. The smallest absolute Gasteiger partial charge is 0.253 e. The van der Waals surface area contributed by atoms with E-state index in [0.29, 0.717) is 25.3 Å². The summed E-state index contributed by atoms with van der Waals surface area (Å²) >= 11 is 0. The van der Waals surface area contributed by atoms with Crippen LogP contribution in [0.4, 0.5) is 5.69 Å². The molecule has 0 bridgehead atoms. The maximum Gasteiger partial charge on any atom is 0.253 e. The molecular formula is C17H24N2O2. The van der Waals surface area contributed by atoms with Crippen LogP contribution in [-0.4, -0.2) is 43.8 Å². The summed E-state index contributed by atoms with van der Waals surface area (Å²) in [5.41, 5.74) is 1.81. The highest BCUT2D eigenvalue weighted by atomic mass is 16.2. The van der Waals surface area contributed by atoms with Gasteiger partial charge in [-0.3, -0.25) is 9.59 Å². The summed E-state index contributed by atoms with van der Waals surface area (Å²) in [6.45, 7) is 3.28. The molecule has 1 aromatic carbocycles.